The van der Waals surface area contributed by atoms with Gasteiger partial charge >= 0.3 is 0 Å². The average Bonchev–Trinajstić information content (AvgIpc) is 2.78. The van der Waals surface area contributed by atoms with Gasteiger partial charge < -0.3 is 10.6 Å². The quantitative estimate of drug-likeness (QED) is 0.656. The van der Waals surface area contributed by atoms with E-state index in [-0.39, 0.29) is 5.78 Å². The van der Waals surface area contributed by atoms with E-state index in [9.17, 15) is 4.79 Å². The molecule has 1 aromatic carbocycles. The molecule has 1 unspecified atom stereocenters. The molecule has 1 atom stereocenters. The van der Waals surface area contributed by atoms with Crippen LogP contribution in [0.2, 0.25) is 0 Å². The van der Waals surface area contributed by atoms with Gasteiger partial charge in [-0.3, -0.25) is 4.79 Å². The zero-order valence-corrected chi connectivity index (χ0v) is 11.3. The molecule has 98 valence electrons. The van der Waals surface area contributed by atoms with Crippen LogP contribution in [0, 0.1) is 5.92 Å². The average molecular weight is 246 g/mol. The van der Waals surface area contributed by atoms with Crippen molar-refractivity contribution < 1.29 is 4.79 Å². The zero-order valence-electron chi connectivity index (χ0n) is 11.3. The first kappa shape index (κ1) is 12.9. The highest BCUT2D eigenvalue weighted by Crippen LogP contribution is 2.28. The van der Waals surface area contributed by atoms with Crippen LogP contribution in [0.4, 0.5) is 11.4 Å². The normalized spacial score (nSPS) is 19.2. The van der Waals surface area contributed by atoms with Gasteiger partial charge in [0.25, 0.3) is 0 Å². The van der Waals surface area contributed by atoms with E-state index in [2.05, 4.69) is 11.8 Å². The predicted octanol–water partition coefficient (Wildman–Crippen LogP) is 3.10. The highest BCUT2D eigenvalue weighted by Gasteiger charge is 2.22. The van der Waals surface area contributed by atoms with Crippen molar-refractivity contribution >= 4 is 17.2 Å². The number of hydrogen-bond acceptors (Lipinski definition) is 3. The Hall–Kier alpha value is -1.51. The molecular weight excluding hydrogens is 224 g/mol. The molecule has 1 aromatic rings. The molecule has 0 aromatic heterocycles. The summed E-state index contributed by atoms with van der Waals surface area (Å²) >= 11 is 0. The molecule has 3 nitrogen and oxygen atoms in total. The molecule has 0 amide bonds. The Bertz CT molecular complexity index is 442. The Morgan fingerprint density at radius 1 is 1.50 bits per heavy atom. The number of carbonyl (C=O) groups excluding carboxylic acids is 1. The van der Waals surface area contributed by atoms with Crippen molar-refractivity contribution in [2.45, 2.75) is 33.1 Å². The fourth-order valence-electron chi connectivity index (χ4n) is 2.76. The topological polar surface area (TPSA) is 46.3 Å². The van der Waals surface area contributed by atoms with Crippen LogP contribution in [-0.2, 0) is 0 Å². The van der Waals surface area contributed by atoms with Gasteiger partial charge in [0.15, 0.2) is 5.78 Å². The second-order valence-electron chi connectivity index (χ2n) is 5.22. The highest BCUT2D eigenvalue weighted by atomic mass is 16.1. The number of anilines is 2. The summed E-state index contributed by atoms with van der Waals surface area (Å²) in [4.78, 5) is 13.9. The van der Waals surface area contributed by atoms with Crippen LogP contribution < -0.4 is 10.6 Å². The summed E-state index contributed by atoms with van der Waals surface area (Å²) in [5.74, 6) is 0.840. The van der Waals surface area contributed by atoms with Crippen LogP contribution >= 0.6 is 0 Å². The minimum absolute atomic E-state index is 0.0404. The Morgan fingerprint density at radius 2 is 2.28 bits per heavy atom. The third kappa shape index (κ3) is 2.66. The lowest BCUT2D eigenvalue weighted by Gasteiger charge is -2.20. The molecule has 0 bridgehead atoms. The predicted molar refractivity (Wildman–Crippen MR) is 76.1 cm³/mol. The first-order valence-corrected chi connectivity index (χ1v) is 6.77. The van der Waals surface area contributed by atoms with E-state index in [0.29, 0.717) is 11.3 Å². The van der Waals surface area contributed by atoms with Gasteiger partial charge in [-0.1, -0.05) is 13.3 Å². The molecule has 2 rings (SSSR count). The van der Waals surface area contributed by atoms with Crippen LogP contribution in [0.25, 0.3) is 0 Å². The number of benzene rings is 1. The van der Waals surface area contributed by atoms with E-state index in [0.717, 1.165) is 24.7 Å². The minimum atomic E-state index is 0.0404. The lowest BCUT2D eigenvalue weighted by atomic mass is 10.0. The minimum Gasteiger partial charge on any atom is -0.398 e. The number of hydrogen-bond donors (Lipinski definition) is 1. The van der Waals surface area contributed by atoms with Crippen molar-refractivity contribution in [2.24, 2.45) is 5.92 Å². The highest BCUT2D eigenvalue weighted by molar-refractivity contribution is 6.00. The SMILES string of the molecule is CCCC1CCN(c2ccc(N)c(C(C)=O)c2)C1. The number of Topliss-reactive ketones (excluding diaryl/α,β-unsaturated/α-hetero) is 1. The van der Waals surface area contributed by atoms with Gasteiger partial charge in [0.1, 0.15) is 0 Å². The maximum Gasteiger partial charge on any atom is 0.161 e. The van der Waals surface area contributed by atoms with Crippen molar-refractivity contribution in [1.82, 2.24) is 0 Å². The molecule has 1 heterocycles. The molecule has 0 radical (unpaired) electrons. The van der Waals surface area contributed by atoms with Crippen molar-refractivity contribution in [1.29, 1.82) is 0 Å². The van der Waals surface area contributed by atoms with Crippen LogP contribution in [0.3, 0.4) is 0 Å². The zero-order chi connectivity index (χ0) is 13.1. The van der Waals surface area contributed by atoms with Crippen LogP contribution in [0.15, 0.2) is 18.2 Å². The second kappa shape index (κ2) is 5.42. The summed E-state index contributed by atoms with van der Waals surface area (Å²) in [5, 5.41) is 0. The fraction of sp³-hybridized carbons (Fsp3) is 0.533. The summed E-state index contributed by atoms with van der Waals surface area (Å²) in [5.41, 5.74) is 8.18. The van der Waals surface area contributed by atoms with E-state index in [1.54, 1.807) is 6.92 Å². The standard InChI is InChI=1S/C15H22N2O/c1-3-4-12-7-8-17(10-12)13-5-6-15(16)14(9-13)11(2)18/h5-6,9,12H,3-4,7-8,10,16H2,1-2H3. The van der Waals surface area contributed by atoms with Gasteiger partial charge in [-0.05, 0) is 43.9 Å². The molecule has 3 heteroatoms. The molecule has 18 heavy (non-hydrogen) atoms. The van der Waals surface area contributed by atoms with Gasteiger partial charge in [-0.15, -0.1) is 0 Å². The molecule has 1 aliphatic heterocycles. The molecule has 1 fully saturated rings. The van der Waals surface area contributed by atoms with Gasteiger partial charge in [0.05, 0.1) is 0 Å². The van der Waals surface area contributed by atoms with Gasteiger partial charge in [0.2, 0.25) is 0 Å². The first-order valence-electron chi connectivity index (χ1n) is 6.77. The van der Waals surface area contributed by atoms with Crippen LogP contribution in [0.1, 0.15) is 43.5 Å². The third-order valence-electron chi connectivity index (χ3n) is 3.76. The number of rotatable bonds is 4. The van der Waals surface area contributed by atoms with Crippen molar-refractivity contribution in [3.8, 4) is 0 Å². The second-order valence-corrected chi connectivity index (χ2v) is 5.22. The molecule has 0 aliphatic carbocycles. The summed E-state index contributed by atoms with van der Waals surface area (Å²) in [7, 11) is 0. The molecule has 0 saturated carbocycles. The Morgan fingerprint density at radius 3 is 2.94 bits per heavy atom. The number of nitrogen functional groups attached to an aromatic ring is 1. The van der Waals surface area contributed by atoms with E-state index < -0.39 is 0 Å². The number of carbonyl (C=O) groups is 1. The lowest BCUT2D eigenvalue weighted by Crippen LogP contribution is -2.20. The third-order valence-corrected chi connectivity index (χ3v) is 3.76. The Kier molecular flexibility index (Phi) is 3.90. The largest absolute Gasteiger partial charge is 0.398 e. The summed E-state index contributed by atoms with van der Waals surface area (Å²) in [6, 6.07) is 5.81. The summed E-state index contributed by atoms with van der Waals surface area (Å²) in [6.45, 7) is 6.00. The smallest absolute Gasteiger partial charge is 0.161 e. The summed E-state index contributed by atoms with van der Waals surface area (Å²) in [6.07, 6.45) is 3.80. The van der Waals surface area contributed by atoms with Crippen molar-refractivity contribution in [2.75, 3.05) is 23.7 Å². The number of nitrogens with zero attached hydrogens (tertiary/aromatic N) is 1. The molecule has 0 spiro atoms. The van der Waals surface area contributed by atoms with Crippen LogP contribution in [0.5, 0.6) is 0 Å². The Labute approximate surface area is 109 Å². The van der Waals surface area contributed by atoms with E-state index in [1.807, 2.05) is 18.2 Å². The number of ketones is 1. The lowest BCUT2D eigenvalue weighted by molar-refractivity contribution is 0.101. The Balaban J connectivity index is 2.15. The van der Waals surface area contributed by atoms with Gasteiger partial charge in [-0.2, -0.15) is 0 Å². The van der Waals surface area contributed by atoms with Crippen molar-refractivity contribution in [3.63, 3.8) is 0 Å². The monoisotopic (exact) mass is 246 g/mol. The maximum absolute atomic E-state index is 11.5. The first-order chi connectivity index (χ1) is 8.61. The van der Waals surface area contributed by atoms with E-state index in [1.165, 1.54) is 19.3 Å². The summed E-state index contributed by atoms with van der Waals surface area (Å²) < 4.78 is 0. The van der Waals surface area contributed by atoms with Crippen molar-refractivity contribution in [3.05, 3.63) is 23.8 Å². The van der Waals surface area contributed by atoms with Crippen LogP contribution in [-0.4, -0.2) is 18.9 Å². The van der Waals surface area contributed by atoms with E-state index >= 15 is 0 Å². The van der Waals surface area contributed by atoms with Gasteiger partial charge in [-0.25, -0.2) is 0 Å². The molecule has 1 saturated heterocycles. The molecular formula is C15H22N2O. The van der Waals surface area contributed by atoms with Gasteiger partial charge in [0, 0.05) is 30.0 Å². The fourth-order valence-corrected chi connectivity index (χ4v) is 2.76. The van der Waals surface area contributed by atoms with E-state index in [4.69, 9.17) is 5.73 Å². The number of nitrogens with two attached hydrogens (primary N) is 1. The molecule has 2 N–H and O–H groups in total. The maximum atomic E-state index is 11.5. The molecule has 1 aliphatic rings.